The average Bonchev–Trinajstić information content (AvgIpc) is 2.74. The SMILES string of the molecule is CCC(=O)N1CCN(C(=O)c2ccc(S(=O)(=O)Nc3ccccc3C)cc2)CC1. The Hall–Kier alpha value is -2.87. The Balaban J connectivity index is 1.67. The molecule has 0 spiro atoms. The smallest absolute Gasteiger partial charge is 0.261 e. The molecule has 0 saturated carbocycles. The van der Waals surface area contributed by atoms with Gasteiger partial charge in [-0.1, -0.05) is 25.1 Å². The number of nitrogens with zero attached hydrogens (tertiary/aromatic N) is 2. The maximum atomic E-state index is 12.7. The maximum absolute atomic E-state index is 12.7. The number of carbonyl (C=O) groups excluding carboxylic acids is 2. The predicted octanol–water partition coefficient (Wildman–Crippen LogP) is 2.49. The van der Waals surface area contributed by atoms with E-state index in [2.05, 4.69) is 4.72 Å². The fraction of sp³-hybridized carbons (Fsp3) is 0.333. The van der Waals surface area contributed by atoms with E-state index in [0.29, 0.717) is 43.9 Å². The van der Waals surface area contributed by atoms with Gasteiger partial charge in [0.2, 0.25) is 5.91 Å². The van der Waals surface area contributed by atoms with Crippen molar-refractivity contribution >= 4 is 27.5 Å². The molecule has 0 unspecified atom stereocenters. The Morgan fingerprint density at radius 3 is 2.10 bits per heavy atom. The number of nitrogens with one attached hydrogen (secondary N) is 1. The van der Waals surface area contributed by atoms with Gasteiger partial charge in [-0.2, -0.15) is 0 Å². The third-order valence-corrected chi connectivity index (χ3v) is 6.40. The zero-order valence-electron chi connectivity index (χ0n) is 16.6. The number of piperazine rings is 1. The summed E-state index contributed by atoms with van der Waals surface area (Å²) in [5.74, 6) is -0.0720. The third kappa shape index (κ3) is 4.76. The normalized spacial score (nSPS) is 14.6. The molecule has 8 heteroatoms. The van der Waals surface area contributed by atoms with Crippen molar-refractivity contribution < 1.29 is 18.0 Å². The first kappa shape index (κ1) is 20.9. The van der Waals surface area contributed by atoms with Crippen LogP contribution in [0.5, 0.6) is 0 Å². The molecule has 1 fully saturated rings. The monoisotopic (exact) mass is 415 g/mol. The number of rotatable bonds is 5. The number of hydrogen-bond acceptors (Lipinski definition) is 4. The highest BCUT2D eigenvalue weighted by Crippen LogP contribution is 2.20. The highest BCUT2D eigenvalue weighted by atomic mass is 32.2. The number of anilines is 1. The van der Waals surface area contributed by atoms with Crippen molar-refractivity contribution in [2.75, 3.05) is 30.9 Å². The molecule has 29 heavy (non-hydrogen) atoms. The molecule has 1 heterocycles. The predicted molar refractivity (Wildman–Crippen MR) is 111 cm³/mol. The minimum atomic E-state index is -3.74. The zero-order chi connectivity index (χ0) is 21.0. The molecule has 0 radical (unpaired) electrons. The molecule has 0 aliphatic carbocycles. The van der Waals surface area contributed by atoms with Crippen LogP contribution in [-0.2, 0) is 14.8 Å². The molecule has 1 N–H and O–H groups in total. The molecule has 1 aliphatic heterocycles. The number of sulfonamides is 1. The summed E-state index contributed by atoms with van der Waals surface area (Å²) in [6, 6.07) is 13.1. The van der Waals surface area contributed by atoms with E-state index in [9.17, 15) is 18.0 Å². The van der Waals surface area contributed by atoms with Crippen LogP contribution in [0.1, 0.15) is 29.3 Å². The van der Waals surface area contributed by atoms with E-state index in [0.717, 1.165) is 5.56 Å². The maximum Gasteiger partial charge on any atom is 0.261 e. The van der Waals surface area contributed by atoms with Crippen molar-refractivity contribution in [2.24, 2.45) is 0 Å². The first-order valence-electron chi connectivity index (χ1n) is 9.57. The van der Waals surface area contributed by atoms with E-state index >= 15 is 0 Å². The van der Waals surface area contributed by atoms with Gasteiger partial charge in [-0.05, 0) is 42.8 Å². The molecule has 154 valence electrons. The van der Waals surface area contributed by atoms with E-state index in [4.69, 9.17) is 0 Å². The number of benzene rings is 2. The van der Waals surface area contributed by atoms with Gasteiger partial charge in [0.15, 0.2) is 0 Å². The van der Waals surface area contributed by atoms with Crippen molar-refractivity contribution in [3.05, 3.63) is 59.7 Å². The Morgan fingerprint density at radius 1 is 0.931 bits per heavy atom. The Bertz CT molecular complexity index is 995. The first-order valence-corrected chi connectivity index (χ1v) is 11.1. The van der Waals surface area contributed by atoms with Crippen LogP contribution in [0.2, 0.25) is 0 Å². The van der Waals surface area contributed by atoms with Crippen molar-refractivity contribution in [2.45, 2.75) is 25.2 Å². The quantitative estimate of drug-likeness (QED) is 0.813. The summed E-state index contributed by atoms with van der Waals surface area (Å²) in [6.07, 6.45) is 0.459. The van der Waals surface area contributed by atoms with Crippen LogP contribution in [-0.4, -0.2) is 56.2 Å². The van der Waals surface area contributed by atoms with Gasteiger partial charge in [-0.25, -0.2) is 8.42 Å². The fourth-order valence-electron chi connectivity index (χ4n) is 3.23. The van der Waals surface area contributed by atoms with E-state index in [1.54, 1.807) is 21.9 Å². The molecule has 0 bridgehead atoms. The summed E-state index contributed by atoms with van der Waals surface area (Å²) < 4.78 is 27.8. The van der Waals surface area contributed by atoms with Gasteiger partial charge in [0.05, 0.1) is 10.6 Å². The van der Waals surface area contributed by atoms with E-state index < -0.39 is 10.0 Å². The van der Waals surface area contributed by atoms with E-state index in [1.165, 1.54) is 24.3 Å². The van der Waals surface area contributed by atoms with Crippen molar-refractivity contribution in [3.63, 3.8) is 0 Å². The Morgan fingerprint density at radius 2 is 1.52 bits per heavy atom. The number of carbonyl (C=O) groups is 2. The number of amides is 2. The number of aryl methyl sites for hydroxylation is 1. The minimum Gasteiger partial charge on any atom is -0.339 e. The summed E-state index contributed by atoms with van der Waals surface area (Å²) >= 11 is 0. The second kappa shape index (κ2) is 8.65. The second-order valence-electron chi connectivity index (χ2n) is 6.97. The molecular weight excluding hydrogens is 390 g/mol. The van der Waals surface area contributed by atoms with Crippen LogP contribution in [0.4, 0.5) is 5.69 Å². The van der Waals surface area contributed by atoms with Crippen molar-refractivity contribution in [1.82, 2.24) is 9.80 Å². The van der Waals surface area contributed by atoms with Crippen molar-refractivity contribution in [3.8, 4) is 0 Å². The van der Waals surface area contributed by atoms with Crippen LogP contribution >= 0.6 is 0 Å². The van der Waals surface area contributed by atoms with Gasteiger partial charge >= 0.3 is 0 Å². The van der Waals surface area contributed by atoms with Crippen LogP contribution in [0.3, 0.4) is 0 Å². The Kier molecular flexibility index (Phi) is 6.22. The lowest BCUT2D eigenvalue weighted by molar-refractivity contribution is -0.132. The Labute approximate surface area is 171 Å². The summed E-state index contributed by atoms with van der Waals surface area (Å²) in [6.45, 7) is 5.63. The van der Waals surface area contributed by atoms with Gasteiger partial charge in [-0.3, -0.25) is 14.3 Å². The molecule has 2 amide bonds. The van der Waals surface area contributed by atoms with Crippen molar-refractivity contribution in [1.29, 1.82) is 0 Å². The molecule has 2 aromatic rings. The molecule has 1 aliphatic rings. The summed E-state index contributed by atoms with van der Waals surface area (Å²) in [5.41, 5.74) is 1.77. The van der Waals surface area contributed by atoms with Gasteiger partial charge in [0.25, 0.3) is 15.9 Å². The standard InChI is InChI=1S/C21H25N3O4S/c1-3-20(25)23-12-14-24(15-13-23)21(26)17-8-10-18(11-9-17)29(27,28)22-19-7-5-4-6-16(19)2/h4-11,22H,3,12-15H2,1-2H3. The molecule has 2 aromatic carbocycles. The minimum absolute atomic E-state index is 0.0906. The van der Waals surface area contributed by atoms with E-state index in [-0.39, 0.29) is 16.7 Å². The topological polar surface area (TPSA) is 86.8 Å². The van der Waals surface area contributed by atoms with Crippen LogP contribution < -0.4 is 4.72 Å². The summed E-state index contributed by atoms with van der Waals surface area (Å²) in [5, 5.41) is 0. The van der Waals surface area contributed by atoms with Gasteiger partial charge in [0, 0.05) is 38.2 Å². The molecule has 0 aromatic heterocycles. The molecule has 0 atom stereocenters. The van der Waals surface area contributed by atoms with Crippen LogP contribution in [0, 0.1) is 6.92 Å². The second-order valence-corrected chi connectivity index (χ2v) is 8.65. The van der Waals surface area contributed by atoms with Crippen LogP contribution in [0.15, 0.2) is 53.4 Å². The van der Waals surface area contributed by atoms with Gasteiger partial charge in [0.1, 0.15) is 0 Å². The van der Waals surface area contributed by atoms with E-state index in [1.807, 2.05) is 26.0 Å². The molecule has 3 rings (SSSR count). The highest BCUT2D eigenvalue weighted by Gasteiger charge is 2.24. The fourth-order valence-corrected chi connectivity index (χ4v) is 4.36. The summed E-state index contributed by atoms with van der Waals surface area (Å²) in [7, 11) is -3.74. The lowest BCUT2D eigenvalue weighted by Crippen LogP contribution is -2.50. The van der Waals surface area contributed by atoms with Crippen LogP contribution in [0.25, 0.3) is 0 Å². The lowest BCUT2D eigenvalue weighted by Gasteiger charge is -2.34. The third-order valence-electron chi connectivity index (χ3n) is 5.02. The molecule has 7 nitrogen and oxygen atoms in total. The van der Waals surface area contributed by atoms with Gasteiger partial charge in [-0.15, -0.1) is 0 Å². The summed E-state index contributed by atoms with van der Waals surface area (Å²) in [4.78, 5) is 28.0. The molecular formula is C21H25N3O4S. The van der Waals surface area contributed by atoms with Gasteiger partial charge < -0.3 is 9.80 Å². The number of hydrogen-bond donors (Lipinski definition) is 1. The average molecular weight is 416 g/mol. The highest BCUT2D eigenvalue weighted by molar-refractivity contribution is 7.92. The number of para-hydroxylation sites is 1. The lowest BCUT2D eigenvalue weighted by atomic mass is 10.2. The first-order chi connectivity index (χ1) is 13.8. The molecule has 1 saturated heterocycles. The largest absolute Gasteiger partial charge is 0.339 e. The zero-order valence-corrected chi connectivity index (χ0v) is 17.4.